The van der Waals surface area contributed by atoms with Crippen molar-refractivity contribution < 1.29 is 9.53 Å². The van der Waals surface area contributed by atoms with Crippen molar-refractivity contribution in [3.8, 4) is 0 Å². The maximum atomic E-state index is 10.9. The van der Waals surface area contributed by atoms with E-state index in [4.69, 9.17) is 4.74 Å². The van der Waals surface area contributed by atoms with Gasteiger partial charge in [-0.05, 0) is 18.4 Å². The van der Waals surface area contributed by atoms with E-state index in [1.807, 2.05) is 11.4 Å². The van der Waals surface area contributed by atoms with Crippen LogP contribution >= 0.6 is 23.7 Å². The number of alkyl carbamates (subject to hydrolysis) is 1. The highest BCUT2D eigenvalue weighted by Gasteiger charge is 1.97. The van der Waals surface area contributed by atoms with Gasteiger partial charge in [0.2, 0.25) is 0 Å². The van der Waals surface area contributed by atoms with E-state index in [1.54, 1.807) is 18.3 Å². The largest absolute Gasteiger partial charge is 0.450 e. The van der Waals surface area contributed by atoms with E-state index in [9.17, 15) is 4.79 Å². The second-order valence-electron chi connectivity index (χ2n) is 2.90. The van der Waals surface area contributed by atoms with Gasteiger partial charge < -0.3 is 15.4 Å². The van der Waals surface area contributed by atoms with E-state index in [0.717, 1.165) is 13.1 Å². The Bertz CT molecular complexity index is 280. The molecule has 4 nitrogen and oxygen atoms in total. The summed E-state index contributed by atoms with van der Waals surface area (Å²) >= 11 is 1.72. The summed E-state index contributed by atoms with van der Waals surface area (Å²) in [6.45, 7) is 4.38. The zero-order chi connectivity index (χ0) is 10.9. The number of ether oxygens (including phenoxy) is 1. The summed E-state index contributed by atoms with van der Waals surface area (Å²) in [5, 5.41) is 7.92. The van der Waals surface area contributed by atoms with E-state index in [2.05, 4.69) is 16.7 Å². The van der Waals surface area contributed by atoms with E-state index >= 15 is 0 Å². The van der Waals surface area contributed by atoms with Crippen molar-refractivity contribution in [3.63, 3.8) is 0 Å². The molecule has 0 aliphatic rings. The topological polar surface area (TPSA) is 50.4 Å². The first-order valence-corrected chi connectivity index (χ1v) is 5.84. The van der Waals surface area contributed by atoms with Gasteiger partial charge in [0.05, 0.1) is 6.61 Å². The molecule has 1 amide bonds. The molecule has 0 aliphatic carbocycles. The number of hydrogen-bond acceptors (Lipinski definition) is 4. The molecule has 0 fully saturated rings. The minimum atomic E-state index is -0.351. The van der Waals surface area contributed by atoms with Gasteiger partial charge in [0.15, 0.2) is 0 Å². The smallest absolute Gasteiger partial charge is 0.407 e. The number of halogens is 1. The first-order valence-electron chi connectivity index (χ1n) is 4.96. The molecular weight excluding hydrogens is 248 g/mol. The van der Waals surface area contributed by atoms with Crippen molar-refractivity contribution in [2.24, 2.45) is 0 Å². The normalized spacial score (nSPS) is 9.31. The van der Waals surface area contributed by atoms with Gasteiger partial charge in [0.25, 0.3) is 0 Å². The van der Waals surface area contributed by atoms with Crippen LogP contribution in [-0.2, 0) is 11.3 Å². The zero-order valence-corrected chi connectivity index (χ0v) is 10.8. The quantitative estimate of drug-likeness (QED) is 0.773. The lowest BCUT2D eigenvalue weighted by Crippen LogP contribution is -2.31. The van der Waals surface area contributed by atoms with Crippen molar-refractivity contribution in [1.29, 1.82) is 0 Å². The monoisotopic (exact) mass is 264 g/mol. The first kappa shape index (κ1) is 15.2. The van der Waals surface area contributed by atoms with E-state index in [0.29, 0.717) is 13.2 Å². The Labute approximate surface area is 106 Å². The van der Waals surface area contributed by atoms with Crippen LogP contribution in [-0.4, -0.2) is 25.8 Å². The van der Waals surface area contributed by atoms with Crippen LogP contribution in [0.3, 0.4) is 0 Å². The minimum Gasteiger partial charge on any atom is -0.450 e. The average molecular weight is 265 g/mol. The molecule has 6 heteroatoms. The molecule has 0 spiro atoms. The highest BCUT2D eigenvalue weighted by Crippen LogP contribution is 2.06. The Morgan fingerprint density at radius 1 is 1.50 bits per heavy atom. The average Bonchev–Trinajstić information content (AvgIpc) is 2.70. The minimum absolute atomic E-state index is 0. The number of rotatable bonds is 6. The molecule has 1 aromatic heterocycles. The van der Waals surface area contributed by atoms with Gasteiger partial charge in [-0.25, -0.2) is 4.79 Å². The van der Waals surface area contributed by atoms with Crippen LogP contribution in [0.25, 0.3) is 0 Å². The molecule has 0 unspecified atom stereocenters. The summed E-state index contributed by atoms with van der Waals surface area (Å²) in [5.41, 5.74) is 0. The molecule has 16 heavy (non-hydrogen) atoms. The molecule has 0 aliphatic heterocycles. The van der Waals surface area contributed by atoms with Crippen LogP contribution in [0.2, 0.25) is 0 Å². The van der Waals surface area contributed by atoms with Gasteiger partial charge in [0.1, 0.15) is 0 Å². The van der Waals surface area contributed by atoms with Gasteiger partial charge in [-0.1, -0.05) is 6.07 Å². The Hall–Kier alpha value is -0.780. The third kappa shape index (κ3) is 6.66. The van der Waals surface area contributed by atoms with Gasteiger partial charge in [-0.3, -0.25) is 0 Å². The highest BCUT2D eigenvalue weighted by molar-refractivity contribution is 7.09. The molecular formula is C10H17ClN2O2S. The molecule has 0 radical (unpaired) electrons. The molecule has 0 saturated heterocycles. The summed E-state index contributed by atoms with van der Waals surface area (Å²) in [5.74, 6) is 0. The molecule has 1 heterocycles. The lowest BCUT2D eigenvalue weighted by atomic mass is 10.4. The standard InChI is InChI=1S/C10H16N2O2S.ClH/c1-2-14-10(13)12-6-5-11-8-9-4-3-7-15-9;/h3-4,7,11H,2,5-6,8H2,1H3,(H,12,13);1H. The maximum absolute atomic E-state index is 10.9. The number of carbonyl (C=O) groups excluding carboxylic acids is 1. The second-order valence-corrected chi connectivity index (χ2v) is 3.94. The predicted octanol–water partition coefficient (Wildman–Crippen LogP) is 2.01. The van der Waals surface area contributed by atoms with Crippen molar-refractivity contribution >= 4 is 29.8 Å². The lowest BCUT2D eigenvalue weighted by molar-refractivity contribution is 0.152. The SMILES string of the molecule is CCOC(=O)NCCNCc1cccs1.Cl. The summed E-state index contributed by atoms with van der Waals surface area (Å²) in [7, 11) is 0. The molecule has 0 atom stereocenters. The lowest BCUT2D eigenvalue weighted by Gasteiger charge is -2.05. The van der Waals surface area contributed by atoms with Crippen LogP contribution in [0.4, 0.5) is 4.79 Å². The van der Waals surface area contributed by atoms with Crippen LogP contribution in [0, 0.1) is 0 Å². The Kier molecular flexibility index (Phi) is 8.99. The van der Waals surface area contributed by atoms with Crippen molar-refractivity contribution in [2.75, 3.05) is 19.7 Å². The van der Waals surface area contributed by atoms with E-state index in [1.165, 1.54) is 4.88 Å². The number of thiophene rings is 1. The molecule has 2 N–H and O–H groups in total. The van der Waals surface area contributed by atoms with Gasteiger partial charge in [-0.15, -0.1) is 23.7 Å². The number of carbonyl (C=O) groups is 1. The Morgan fingerprint density at radius 3 is 2.94 bits per heavy atom. The summed E-state index contributed by atoms with van der Waals surface area (Å²) in [6.07, 6.45) is -0.351. The fourth-order valence-electron chi connectivity index (χ4n) is 1.06. The van der Waals surface area contributed by atoms with Gasteiger partial charge in [0, 0.05) is 24.5 Å². The predicted molar refractivity (Wildman–Crippen MR) is 68.3 cm³/mol. The first-order chi connectivity index (χ1) is 7.33. The summed E-state index contributed by atoms with van der Waals surface area (Å²) in [6, 6.07) is 4.11. The molecule has 1 aromatic rings. The van der Waals surface area contributed by atoms with Crippen LogP contribution in [0.15, 0.2) is 17.5 Å². The van der Waals surface area contributed by atoms with E-state index < -0.39 is 0 Å². The highest BCUT2D eigenvalue weighted by atomic mass is 35.5. The second kappa shape index (κ2) is 9.45. The third-order valence-electron chi connectivity index (χ3n) is 1.73. The molecule has 0 saturated carbocycles. The third-order valence-corrected chi connectivity index (χ3v) is 2.60. The van der Waals surface area contributed by atoms with Crippen molar-refractivity contribution in [2.45, 2.75) is 13.5 Å². The van der Waals surface area contributed by atoms with Crippen molar-refractivity contribution in [3.05, 3.63) is 22.4 Å². The number of hydrogen-bond donors (Lipinski definition) is 2. The molecule has 1 rings (SSSR count). The summed E-state index contributed by atoms with van der Waals surface area (Å²) in [4.78, 5) is 12.2. The van der Waals surface area contributed by atoms with E-state index in [-0.39, 0.29) is 18.5 Å². The van der Waals surface area contributed by atoms with Crippen LogP contribution < -0.4 is 10.6 Å². The van der Waals surface area contributed by atoms with Gasteiger partial charge in [-0.2, -0.15) is 0 Å². The number of nitrogens with one attached hydrogen (secondary N) is 2. The maximum Gasteiger partial charge on any atom is 0.407 e. The molecule has 0 aromatic carbocycles. The molecule has 92 valence electrons. The molecule has 0 bridgehead atoms. The van der Waals surface area contributed by atoms with Crippen LogP contribution in [0.5, 0.6) is 0 Å². The number of amides is 1. The summed E-state index contributed by atoms with van der Waals surface area (Å²) < 4.78 is 4.72. The fraction of sp³-hybridized carbons (Fsp3) is 0.500. The van der Waals surface area contributed by atoms with Crippen molar-refractivity contribution in [1.82, 2.24) is 10.6 Å². The Morgan fingerprint density at radius 2 is 2.31 bits per heavy atom. The zero-order valence-electron chi connectivity index (χ0n) is 9.19. The Balaban J connectivity index is 0.00000225. The fourth-order valence-corrected chi connectivity index (χ4v) is 1.73. The van der Waals surface area contributed by atoms with Gasteiger partial charge >= 0.3 is 6.09 Å². The van der Waals surface area contributed by atoms with Crippen LogP contribution in [0.1, 0.15) is 11.8 Å².